The van der Waals surface area contributed by atoms with Gasteiger partial charge in [-0.05, 0) is 24.2 Å². The molecule has 1 aliphatic carbocycles. The molecule has 0 aromatic rings. The molecule has 0 saturated heterocycles. The first-order chi connectivity index (χ1) is 8.02. The van der Waals surface area contributed by atoms with Crippen LogP contribution in [0.4, 0.5) is 0 Å². The minimum absolute atomic E-state index is 0.694. The SMILES string of the molecule is CC1(C)CCCC1.CCCCCC(C)CCC. The van der Waals surface area contributed by atoms with Crippen molar-refractivity contribution in [2.45, 2.75) is 98.8 Å². The molecule has 0 heteroatoms. The van der Waals surface area contributed by atoms with Crippen molar-refractivity contribution in [2.75, 3.05) is 0 Å². The van der Waals surface area contributed by atoms with Crippen LogP contribution in [0.15, 0.2) is 0 Å². The zero-order valence-electron chi connectivity index (χ0n) is 13.1. The standard InChI is InChI=1S/C10H22.C7H14/c1-4-6-7-9-10(3)8-5-2;1-7(2)5-3-4-6-7/h10H,4-9H2,1-3H3;3-6H2,1-2H3. The van der Waals surface area contributed by atoms with Gasteiger partial charge in [0, 0.05) is 0 Å². The summed E-state index contributed by atoms with van der Waals surface area (Å²) in [6.45, 7) is 11.6. The smallest absolute Gasteiger partial charge is 0.0354 e. The van der Waals surface area contributed by atoms with E-state index in [1.165, 1.54) is 64.2 Å². The maximum atomic E-state index is 2.37. The van der Waals surface area contributed by atoms with Crippen LogP contribution in [0.5, 0.6) is 0 Å². The topological polar surface area (TPSA) is 0 Å². The lowest BCUT2D eigenvalue weighted by Crippen LogP contribution is -2.01. The first-order valence-corrected chi connectivity index (χ1v) is 8.02. The predicted octanol–water partition coefficient (Wildman–Crippen LogP) is 6.59. The fourth-order valence-corrected chi connectivity index (χ4v) is 2.71. The van der Waals surface area contributed by atoms with Gasteiger partial charge in [-0.1, -0.05) is 86.0 Å². The highest BCUT2D eigenvalue weighted by Crippen LogP contribution is 2.36. The fraction of sp³-hybridized carbons (Fsp3) is 1.00. The van der Waals surface area contributed by atoms with Crippen molar-refractivity contribution in [3.8, 4) is 0 Å². The molecule has 0 nitrogen and oxygen atoms in total. The molecule has 0 amide bonds. The Labute approximate surface area is 111 Å². The fourth-order valence-electron chi connectivity index (χ4n) is 2.71. The van der Waals surface area contributed by atoms with Crippen molar-refractivity contribution in [2.24, 2.45) is 11.3 Å². The van der Waals surface area contributed by atoms with Gasteiger partial charge < -0.3 is 0 Å². The van der Waals surface area contributed by atoms with E-state index in [1.54, 1.807) is 0 Å². The molecule has 1 unspecified atom stereocenters. The van der Waals surface area contributed by atoms with Crippen molar-refractivity contribution in [1.82, 2.24) is 0 Å². The van der Waals surface area contributed by atoms with Crippen molar-refractivity contribution in [1.29, 1.82) is 0 Å². The van der Waals surface area contributed by atoms with Gasteiger partial charge >= 0.3 is 0 Å². The molecule has 0 aromatic carbocycles. The Kier molecular flexibility index (Phi) is 9.97. The zero-order chi connectivity index (χ0) is 13.1. The summed E-state index contributed by atoms with van der Waals surface area (Å²) < 4.78 is 0. The second kappa shape index (κ2) is 9.97. The van der Waals surface area contributed by atoms with Crippen LogP contribution in [0.25, 0.3) is 0 Å². The van der Waals surface area contributed by atoms with E-state index in [0.29, 0.717) is 5.41 Å². The lowest BCUT2D eigenvalue weighted by molar-refractivity contribution is 0.382. The van der Waals surface area contributed by atoms with E-state index in [2.05, 4.69) is 34.6 Å². The van der Waals surface area contributed by atoms with Crippen molar-refractivity contribution in [3.05, 3.63) is 0 Å². The third-order valence-electron chi connectivity index (χ3n) is 4.04. The van der Waals surface area contributed by atoms with Gasteiger partial charge in [-0.3, -0.25) is 0 Å². The van der Waals surface area contributed by atoms with Gasteiger partial charge in [0.05, 0.1) is 0 Å². The average Bonchev–Trinajstić information content (AvgIpc) is 2.65. The first-order valence-electron chi connectivity index (χ1n) is 8.02. The maximum absolute atomic E-state index is 2.37. The molecule has 0 radical (unpaired) electrons. The van der Waals surface area contributed by atoms with Crippen LogP contribution in [0.2, 0.25) is 0 Å². The van der Waals surface area contributed by atoms with Crippen molar-refractivity contribution < 1.29 is 0 Å². The van der Waals surface area contributed by atoms with Crippen molar-refractivity contribution >= 4 is 0 Å². The van der Waals surface area contributed by atoms with Crippen LogP contribution < -0.4 is 0 Å². The first kappa shape index (κ1) is 17.0. The molecule has 0 spiro atoms. The van der Waals surface area contributed by atoms with Gasteiger partial charge in [0.2, 0.25) is 0 Å². The normalized spacial score (nSPS) is 19.6. The van der Waals surface area contributed by atoms with Gasteiger partial charge in [0.15, 0.2) is 0 Å². The summed E-state index contributed by atoms with van der Waals surface area (Å²) in [6.07, 6.45) is 14.3. The van der Waals surface area contributed by atoms with E-state index in [0.717, 1.165) is 5.92 Å². The highest BCUT2D eigenvalue weighted by atomic mass is 14.3. The van der Waals surface area contributed by atoms with Crippen molar-refractivity contribution in [3.63, 3.8) is 0 Å². The van der Waals surface area contributed by atoms with Crippen LogP contribution >= 0.6 is 0 Å². The van der Waals surface area contributed by atoms with Crippen LogP contribution in [0.1, 0.15) is 98.8 Å². The quantitative estimate of drug-likeness (QED) is 0.459. The Morgan fingerprint density at radius 3 is 1.82 bits per heavy atom. The Bertz CT molecular complexity index is 149. The molecule has 0 aromatic heterocycles. The maximum Gasteiger partial charge on any atom is -0.0354 e. The summed E-state index contributed by atoms with van der Waals surface area (Å²) in [6, 6.07) is 0. The monoisotopic (exact) mass is 240 g/mol. The lowest BCUT2D eigenvalue weighted by Gasteiger charge is -2.13. The van der Waals surface area contributed by atoms with Crippen LogP contribution in [0, 0.1) is 11.3 Å². The Balaban J connectivity index is 0.000000318. The second-order valence-electron chi connectivity index (χ2n) is 6.76. The summed E-state index contributed by atoms with van der Waals surface area (Å²) in [5, 5.41) is 0. The van der Waals surface area contributed by atoms with E-state index in [1.807, 2.05) is 0 Å². The number of hydrogen-bond acceptors (Lipinski definition) is 0. The molecule has 1 saturated carbocycles. The molecule has 17 heavy (non-hydrogen) atoms. The molecule has 0 aliphatic heterocycles. The third-order valence-corrected chi connectivity index (χ3v) is 4.04. The summed E-state index contributed by atoms with van der Waals surface area (Å²) in [4.78, 5) is 0. The van der Waals surface area contributed by atoms with Gasteiger partial charge in [0.1, 0.15) is 0 Å². The Morgan fingerprint density at radius 1 is 0.882 bits per heavy atom. The number of rotatable bonds is 6. The van der Waals surface area contributed by atoms with E-state index in [9.17, 15) is 0 Å². The van der Waals surface area contributed by atoms with E-state index >= 15 is 0 Å². The Morgan fingerprint density at radius 2 is 1.47 bits per heavy atom. The average molecular weight is 240 g/mol. The van der Waals surface area contributed by atoms with E-state index < -0.39 is 0 Å². The minimum Gasteiger partial charge on any atom is -0.0654 e. The molecule has 0 bridgehead atoms. The highest BCUT2D eigenvalue weighted by molar-refractivity contribution is 4.74. The van der Waals surface area contributed by atoms with Gasteiger partial charge in [-0.25, -0.2) is 0 Å². The largest absolute Gasteiger partial charge is 0.0654 e. The molecular weight excluding hydrogens is 204 g/mol. The highest BCUT2D eigenvalue weighted by Gasteiger charge is 2.21. The summed E-state index contributed by atoms with van der Waals surface area (Å²) in [7, 11) is 0. The van der Waals surface area contributed by atoms with Crippen LogP contribution in [-0.2, 0) is 0 Å². The molecule has 0 N–H and O–H groups in total. The second-order valence-corrected chi connectivity index (χ2v) is 6.76. The van der Waals surface area contributed by atoms with Crippen LogP contribution in [-0.4, -0.2) is 0 Å². The van der Waals surface area contributed by atoms with Crippen LogP contribution in [0.3, 0.4) is 0 Å². The zero-order valence-corrected chi connectivity index (χ0v) is 13.1. The number of unbranched alkanes of at least 4 members (excludes halogenated alkanes) is 2. The molecule has 104 valence electrons. The van der Waals surface area contributed by atoms with Gasteiger partial charge in [-0.2, -0.15) is 0 Å². The van der Waals surface area contributed by atoms with E-state index in [-0.39, 0.29) is 0 Å². The number of hydrogen-bond donors (Lipinski definition) is 0. The van der Waals surface area contributed by atoms with Gasteiger partial charge in [-0.15, -0.1) is 0 Å². The molecule has 1 fully saturated rings. The molecule has 0 heterocycles. The molecule has 1 rings (SSSR count). The Hall–Kier alpha value is 0. The molecule has 1 atom stereocenters. The van der Waals surface area contributed by atoms with Gasteiger partial charge in [0.25, 0.3) is 0 Å². The minimum atomic E-state index is 0.694. The molecular formula is C17H36. The predicted molar refractivity (Wildman–Crippen MR) is 80.5 cm³/mol. The lowest BCUT2D eigenvalue weighted by atomic mass is 9.92. The third kappa shape index (κ3) is 10.9. The van der Waals surface area contributed by atoms with E-state index in [4.69, 9.17) is 0 Å². The summed E-state index contributed by atoms with van der Waals surface area (Å²) in [5.74, 6) is 0.969. The molecule has 1 aliphatic rings. The summed E-state index contributed by atoms with van der Waals surface area (Å²) >= 11 is 0. The summed E-state index contributed by atoms with van der Waals surface area (Å²) in [5.41, 5.74) is 0.694.